The quantitative estimate of drug-likeness (QED) is 0.589. The summed E-state index contributed by atoms with van der Waals surface area (Å²) >= 11 is 0. The molecule has 1 rings (SSSR count). The lowest BCUT2D eigenvalue weighted by Crippen LogP contribution is -2.32. The summed E-state index contributed by atoms with van der Waals surface area (Å²) in [6.45, 7) is 6.47. The molecule has 1 aromatic rings. The largest absolute Gasteiger partial charge is 0.496 e. The molecule has 0 fully saturated rings. The molecule has 2 atom stereocenters. The van der Waals surface area contributed by atoms with Gasteiger partial charge in [0.2, 0.25) is 0 Å². The molecule has 0 saturated heterocycles. The lowest BCUT2D eigenvalue weighted by Gasteiger charge is -2.25. The van der Waals surface area contributed by atoms with Gasteiger partial charge < -0.3 is 4.74 Å². The molecule has 0 heterocycles. The standard InChI is InChI=1S/C14H24N2O/c1-5-6-11(3)14(16-15)12-8-7-10(2)9-13(12)17-4/h7-9,11,14,16H,5-6,15H2,1-4H3. The van der Waals surface area contributed by atoms with Crippen LogP contribution < -0.4 is 16.0 Å². The Morgan fingerprint density at radius 3 is 2.65 bits per heavy atom. The molecule has 0 amide bonds. The summed E-state index contributed by atoms with van der Waals surface area (Å²) in [6.07, 6.45) is 2.30. The SMILES string of the molecule is CCCC(C)C(NN)c1ccc(C)cc1OC. The maximum atomic E-state index is 5.69. The zero-order valence-electron chi connectivity index (χ0n) is 11.3. The fourth-order valence-corrected chi connectivity index (χ4v) is 2.26. The van der Waals surface area contributed by atoms with E-state index in [1.54, 1.807) is 7.11 Å². The van der Waals surface area contributed by atoms with Gasteiger partial charge in [0, 0.05) is 5.56 Å². The summed E-state index contributed by atoms with van der Waals surface area (Å²) in [5.74, 6) is 7.09. The lowest BCUT2D eigenvalue weighted by atomic mass is 9.90. The predicted octanol–water partition coefficient (Wildman–Crippen LogP) is 2.94. The topological polar surface area (TPSA) is 47.3 Å². The number of methoxy groups -OCH3 is 1. The summed E-state index contributed by atoms with van der Waals surface area (Å²) in [6, 6.07) is 6.40. The summed E-state index contributed by atoms with van der Waals surface area (Å²) < 4.78 is 5.44. The monoisotopic (exact) mass is 236 g/mol. The molecule has 3 nitrogen and oxygen atoms in total. The van der Waals surface area contributed by atoms with Crippen molar-refractivity contribution in [3.8, 4) is 5.75 Å². The molecule has 0 aliphatic rings. The summed E-state index contributed by atoms with van der Waals surface area (Å²) in [4.78, 5) is 0. The van der Waals surface area contributed by atoms with Crippen LogP contribution in [0.2, 0.25) is 0 Å². The Kier molecular flexibility index (Phi) is 5.45. The van der Waals surface area contributed by atoms with Gasteiger partial charge in [0.25, 0.3) is 0 Å². The van der Waals surface area contributed by atoms with Crippen molar-refractivity contribution < 1.29 is 4.74 Å². The average Bonchev–Trinajstić information content (AvgIpc) is 2.32. The van der Waals surface area contributed by atoms with Gasteiger partial charge in [-0.05, 0) is 30.9 Å². The second-order valence-corrected chi connectivity index (χ2v) is 4.66. The van der Waals surface area contributed by atoms with Crippen LogP contribution in [-0.4, -0.2) is 7.11 Å². The van der Waals surface area contributed by atoms with Crippen molar-refractivity contribution in [2.24, 2.45) is 11.8 Å². The van der Waals surface area contributed by atoms with Crippen LogP contribution in [0.3, 0.4) is 0 Å². The number of rotatable bonds is 6. The molecule has 3 N–H and O–H groups in total. The van der Waals surface area contributed by atoms with Crippen molar-refractivity contribution in [1.82, 2.24) is 5.43 Å². The van der Waals surface area contributed by atoms with Gasteiger partial charge in [0.05, 0.1) is 13.2 Å². The maximum Gasteiger partial charge on any atom is 0.123 e. The van der Waals surface area contributed by atoms with Crippen LogP contribution in [0.5, 0.6) is 5.75 Å². The minimum atomic E-state index is 0.144. The van der Waals surface area contributed by atoms with E-state index < -0.39 is 0 Å². The third kappa shape index (κ3) is 3.45. The van der Waals surface area contributed by atoms with Gasteiger partial charge >= 0.3 is 0 Å². The molecule has 0 radical (unpaired) electrons. The highest BCUT2D eigenvalue weighted by atomic mass is 16.5. The van der Waals surface area contributed by atoms with Crippen molar-refractivity contribution >= 4 is 0 Å². The third-order valence-corrected chi connectivity index (χ3v) is 3.22. The normalized spacial score (nSPS) is 14.4. The molecule has 0 spiro atoms. The molecule has 0 aromatic heterocycles. The summed E-state index contributed by atoms with van der Waals surface area (Å²) in [5, 5.41) is 0. The highest BCUT2D eigenvalue weighted by molar-refractivity contribution is 5.39. The first kappa shape index (κ1) is 14.0. The highest BCUT2D eigenvalue weighted by Crippen LogP contribution is 2.32. The van der Waals surface area contributed by atoms with E-state index in [9.17, 15) is 0 Å². The zero-order valence-corrected chi connectivity index (χ0v) is 11.3. The Bertz CT molecular complexity index is 352. The Morgan fingerprint density at radius 1 is 1.41 bits per heavy atom. The second kappa shape index (κ2) is 6.62. The molecular formula is C14H24N2O. The number of nitrogens with two attached hydrogens (primary N) is 1. The maximum absolute atomic E-state index is 5.69. The van der Waals surface area contributed by atoms with Crippen LogP contribution in [0.4, 0.5) is 0 Å². The number of aryl methyl sites for hydroxylation is 1. The first-order chi connectivity index (χ1) is 8.13. The molecule has 0 aliphatic heterocycles. The minimum Gasteiger partial charge on any atom is -0.496 e. The first-order valence-electron chi connectivity index (χ1n) is 6.24. The Balaban J connectivity index is 3.02. The van der Waals surface area contributed by atoms with Crippen LogP contribution in [0.15, 0.2) is 18.2 Å². The lowest BCUT2D eigenvalue weighted by molar-refractivity contribution is 0.345. The fraction of sp³-hybridized carbons (Fsp3) is 0.571. The molecule has 2 unspecified atom stereocenters. The van der Waals surface area contributed by atoms with Crippen LogP contribution in [0, 0.1) is 12.8 Å². The van der Waals surface area contributed by atoms with Crippen LogP contribution in [0.1, 0.15) is 43.9 Å². The summed E-state index contributed by atoms with van der Waals surface area (Å²) in [7, 11) is 1.70. The van der Waals surface area contributed by atoms with E-state index in [-0.39, 0.29) is 6.04 Å². The Morgan fingerprint density at radius 2 is 2.12 bits per heavy atom. The van der Waals surface area contributed by atoms with Crippen molar-refractivity contribution in [2.75, 3.05) is 7.11 Å². The van der Waals surface area contributed by atoms with E-state index in [4.69, 9.17) is 10.6 Å². The number of hydrogen-bond acceptors (Lipinski definition) is 3. The van der Waals surface area contributed by atoms with Gasteiger partial charge in [0.1, 0.15) is 5.75 Å². The number of hydrogen-bond donors (Lipinski definition) is 2. The zero-order chi connectivity index (χ0) is 12.8. The number of nitrogens with one attached hydrogen (secondary N) is 1. The van der Waals surface area contributed by atoms with Crippen molar-refractivity contribution in [2.45, 2.75) is 39.7 Å². The fourth-order valence-electron chi connectivity index (χ4n) is 2.26. The second-order valence-electron chi connectivity index (χ2n) is 4.66. The molecule has 1 aromatic carbocycles. The van der Waals surface area contributed by atoms with E-state index in [1.807, 2.05) is 0 Å². The van der Waals surface area contributed by atoms with Crippen molar-refractivity contribution in [3.63, 3.8) is 0 Å². The molecular weight excluding hydrogens is 212 g/mol. The van der Waals surface area contributed by atoms with E-state index in [1.165, 1.54) is 5.56 Å². The van der Waals surface area contributed by atoms with Gasteiger partial charge in [-0.3, -0.25) is 11.3 Å². The molecule has 0 bridgehead atoms. The Labute approximate surface area is 104 Å². The van der Waals surface area contributed by atoms with E-state index in [0.29, 0.717) is 5.92 Å². The predicted molar refractivity (Wildman–Crippen MR) is 71.9 cm³/mol. The van der Waals surface area contributed by atoms with Crippen molar-refractivity contribution in [3.05, 3.63) is 29.3 Å². The molecule has 0 saturated carbocycles. The van der Waals surface area contributed by atoms with Gasteiger partial charge in [0.15, 0.2) is 0 Å². The highest BCUT2D eigenvalue weighted by Gasteiger charge is 2.20. The van der Waals surface area contributed by atoms with Crippen LogP contribution in [-0.2, 0) is 0 Å². The molecule has 17 heavy (non-hydrogen) atoms. The Hall–Kier alpha value is -1.06. The smallest absolute Gasteiger partial charge is 0.123 e. The van der Waals surface area contributed by atoms with Gasteiger partial charge in [-0.25, -0.2) is 0 Å². The third-order valence-electron chi connectivity index (χ3n) is 3.22. The number of benzene rings is 1. The first-order valence-corrected chi connectivity index (χ1v) is 6.24. The molecule has 3 heteroatoms. The van der Waals surface area contributed by atoms with Crippen LogP contribution >= 0.6 is 0 Å². The summed E-state index contributed by atoms with van der Waals surface area (Å²) in [5.41, 5.74) is 5.26. The van der Waals surface area contributed by atoms with E-state index >= 15 is 0 Å². The van der Waals surface area contributed by atoms with Crippen molar-refractivity contribution in [1.29, 1.82) is 0 Å². The van der Waals surface area contributed by atoms with Gasteiger partial charge in [-0.15, -0.1) is 0 Å². The van der Waals surface area contributed by atoms with Crippen LogP contribution in [0.25, 0.3) is 0 Å². The van der Waals surface area contributed by atoms with E-state index in [2.05, 4.69) is 44.4 Å². The number of hydrazine groups is 1. The average molecular weight is 236 g/mol. The molecule has 0 aliphatic carbocycles. The van der Waals surface area contributed by atoms with Gasteiger partial charge in [-0.1, -0.05) is 32.4 Å². The number of ether oxygens (including phenoxy) is 1. The van der Waals surface area contributed by atoms with Gasteiger partial charge in [-0.2, -0.15) is 0 Å². The minimum absolute atomic E-state index is 0.144. The molecule has 96 valence electrons. The van der Waals surface area contributed by atoms with E-state index in [0.717, 1.165) is 24.2 Å².